The number of carbonyl (C=O) groups excluding carboxylic acids is 1. The lowest BCUT2D eigenvalue weighted by molar-refractivity contribution is -0.194. The van der Waals surface area contributed by atoms with Crippen molar-refractivity contribution in [1.82, 2.24) is 4.90 Å². The average molecular weight is 226 g/mol. The molecule has 0 aromatic heterocycles. The number of alkyl halides is 3. The minimum absolute atomic E-state index is 0.261. The Hall–Kier alpha value is -0.780. The van der Waals surface area contributed by atoms with Crippen molar-refractivity contribution in [3.8, 4) is 0 Å². The van der Waals surface area contributed by atoms with Crippen molar-refractivity contribution in [2.75, 3.05) is 7.05 Å². The van der Waals surface area contributed by atoms with Crippen LogP contribution in [-0.2, 0) is 4.79 Å². The van der Waals surface area contributed by atoms with Gasteiger partial charge in [-0.25, -0.2) is 0 Å². The molecule has 2 N–H and O–H groups in total. The topological polar surface area (TPSA) is 46.3 Å². The van der Waals surface area contributed by atoms with Crippen LogP contribution in [0.5, 0.6) is 0 Å². The molecule has 0 saturated heterocycles. The second-order valence-electron chi connectivity index (χ2n) is 3.87. The molecule has 90 valence electrons. The quantitative estimate of drug-likeness (QED) is 0.793. The van der Waals surface area contributed by atoms with Crippen molar-refractivity contribution >= 4 is 5.91 Å². The highest BCUT2D eigenvalue weighted by atomic mass is 19.4. The van der Waals surface area contributed by atoms with E-state index < -0.39 is 17.6 Å². The molecule has 0 aromatic carbocycles. The molecule has 0 aromatic rings. The van der Waals surface area contributed by atoms with Crippen molar-refractivity contribution in [2.24, 2.45) is 5.73 Å². The van der Waals surface area contributed by atoms with E-state index in [9.17, 15) is 18.0 Å². The first-order valence-electron chi connectivity index (χ1n) is 4.68. The summed E-state index contributed by atoms with van der Waals surface area (Å²) in [5.74, 6) is -1.11. The summed E-state index contributed by atoms with van der Waals surface area (Å²) < 4.78 is 37.3. The smallest absolute Gasteiger partial charge is 0.341 e. The average Bonchev–Trinajstić information content (AvgIpc) is 2.12. The number of hydrogen-bond donors (Lipinski definition) is 1. The van der Waals surface area contributed by atoms with Gasteiger partial charge in [-0.3, -0.25) is 4.79 Å². The van der Waals surface area contributed by atoms with Gasteiger partial charge in [-0.15, -0.1) is 0 Å². The second-order valence-corrected chi connectivity index (χ2v) is 3.87. The van der Waals surface area contributed by atoms with Gasteiger partial charge in [-0.2, -0.15) is 13.2 Å². The highest BCUT2D eigenvalue weighted by Crippen LogP contribution is 2.29. The second kappa shape index (κ2) is 4.38. The summed E-state index contributed by atoms with van der Waals surface area (Å²) in [5, 5.41) is 0. The van der Waals surface area contributed by atoms with Gasteiger partial charge in [0.25, 0.3) is 5.91 Å². The highest BCUT2D eigenvalue weighted by molar-refractivity contribution is 5.86. The van der Waals surface area contributed by atoms with E-state index in [4.69, 9.17) is 5.73 Å². The largest absolute Gasteiger partial charge is 0.415 e. The van der Waals surface area contributed by atoms with Gasteiger partial charge in [0.2, 0.25) is 0 Å². The Kier molecular flexibility index (Phi) is 4.16. The number of rotatable bonds is 3. The molecule has 0 aliphatic carbocycles. The van der Waals surface area contributed by atoms with Gasteiger partial charge in [-0.1, -0.05) is 6.92 Å². The summed E-state index contributed by atoms with van der Waals surface area (Å²) in [4.78, 5) is 12.5. The van der Waals surface area contributed by atoms with Crippen LogP contribution < -0.4 is 5.73 Å². The van der Waals surface area contributed by atoms with Crippen LogP contribution in [0, 0.1) is 0 Å². The summed E-state index contributed by atoms with van der Waals surface area (Å²) >= 11 is 0. The van der Waals surface area contributed by atoms with E-state index in [1.54, 1.807) is 13.8 Å². The maximum Gasteiger partial charge on any atom is 0.415 e. The van der Waals surface area contributed by atoms with Gasteiger partial charge >= 0.3 is 6.18 Å². The van der Waals surface area contributed by atoms with E-state index in [1.165, 1.54) is 7.05 Å². The zero-order valence-electron chi connectivity index (χ0n) is 9.35. The number of nitrogens with zero attached hydrogens (tertiary/aromatic N) is 1. The van der Waals surface area contributed by atoms with Gasteiger partial charge in [-0.05, 0) is 20.3 Å². The maximum absolute atomic E-state index is 12.4. The molecule has 2 unspecified atom stereocenters. The first-order valence-corrected chi connectivity index (χ1v) is 4.68. The summed E-state index contributed by atoms with van der Waals surface area (Å²) in [7, 11) is 1.33. The van der Waals surface area contributed by atoms with Crippen molar-refractivity contribution in [3.05, 3.63) is 0 Å². The Balaban J connectivity index is 4.86. The fraction of sp³-hybridized carbons (Fsp3) is 0.889. The highest BCUT2D eigenvalue weighted by Gasteiger charge is 2.55. The van der Waals surface area contributed by atoms with Gasteiger partial charge in [0, 0.05) is 13.1 Å². The molecule has 6 heteroatoms. The van der Waals surface area contributed by atoms with E-state index in [-0.39, 0.29) is 6.04 Å². The van der Waals surface area contributed by atoms with Crippen LogP contribution in [0.2, 0.25) is 0 Å². The zero-order chi connectivity index (χ0) is 12.4. The molecule has 0 rings (SSSR count). The maximum atomic E-state index is 12.4. The van der Waals surface area contributed by atoms with Crippen molar-refractivity contribution in [2.45, 2.75) is 44.9 Å². The lowest BCUT2D eigenvalue weighted by Gasteiger charge is -2.33. The molecular formula is C9H17F3N2O. The van der Waals surface area contributed by atoms with E-state index in [0.717, 1.165) is 4.90 Å². The van der Waals surface area contributed by atoms with Gasteiger partial charge < -0.3 is 10.6 Å². The summed E-state index contributed by atoms with van der Waals surface area (Å²) in [6.45, 7) is 4.15. The fourth-order valence-electron chi connectivity index (χ4n) is 0.962. The summed E-state index contributed by atoms with van der Waals surface area (Å²) in [6, 6.07) is -0.261. The number of hydrogen-bond acceptors (Lipinski definition) is 2. The van der Waals surface area contributed by atoms with Crippen LogP contribution in [0.4, 0.5) is 13.2 Å². The Bertz CT molecular complexity index is 238. The minimum Gasteiger partial charge on any atom is -0.341 e. The predicted molar refractivity (Wildman–Crippen MR) is 51.2 cm³/mol. The Morgan fingerprint density at radius 1 is 1.47 bits per heavy atom. The van der Waals surface area contributed by atoms with E-state index in [0.29, 0.717) is 13.3 Å². The molecule has 15 heavy (non-hydrogen) atoms. The molecule has 0 aliphatic heterocycles. The predicted octanol–water partition coefficient (Wildman–Crippen LogP) is 1.52. The van der Waals surface area contributed by atoms with Crippen molar-refractivity contribution in [3.63, 3.8) is 0 Å². The van der Waals surface area contributed by atoms with E-state index >= 15 is 0 Å². The van der Waals surface area contributed by atoms with Gasteiger partial charge in [0.1, 0.15) is 0 Å². The first kappa shape index (κ1) is 14.2. The number of carbonyl (C=O) groups is 1. The zero-order valence-corrected chi connectivity index (χ0v) is 9.35. The molecule has 0 fully saturated rings. The molecule has 0 saturated carbocycles. The lowest BCUT2D eigenvalue weighted by Crippen LogP contribution is -2.62. The SMILES string of the molecule is CCC(C)N(C)C(=O)C(C)(N)C(F)(F)F. The number of likely N-dealkylation sites (N-methyl/N-ethyl adjacent to an activating group) is 1. The van der Waals surface area contributed by atoms with Gasteiger partial charge in [0.15, 0.2) is 5.54 Å². The van der Waals surface area contributed by atoms with Crippen LogP contribution in [0.1, 0.15) is 27.2 Å². The Labute approximate surface area is 87.4 Å². The molecule has 0 spiro atoms. The van der Waals surface area contributed by atoms with Crippen molar-refractivity contribution < 1.29 is 18.0 Å². The number of amides is 1. The van der Waals surface area contributed by atoms with Crippen LogP contribution in [0.15, 0.2) is 0 Å². The molecular weight excluding hydrogens is 209 g/mol. The Morgan fingerprint density at radius 3 is 2.13 bits per heavy atom. The normalized spacial score (nSPS) is 18.1. The van der Waals surface area contributed by atoms with Crippen LogP contribution in [0.25, 0.3) is 0 Å². The standard InChI is InChI=1S/C9H17F3N2O/c1-5-6(2)14(4)7(15)8(3,13)9(10,11)12/h6H,5,13H2,1-4H3. The van der Waals surface area contributed by atoms with Crippen LogP contribution >= 0.6 is 0 Å². The summed E-state index contributed by atoms with van der Waals surface area (Å²) in [5.41, 5.74) is 2.20. The van der Waals surface area contributed by atoms with E-state index in [2.05, 4.69) is 0 Å². The Morgan fingerprint density at radius 2 is 1.87 bits per heavy atom. The number of nitrogens with two attached hydrogens (primary N) is 1. The molecule has 0 heterocycles. The van der Waals surface area contributed by atoms with Crippen molar-refractivity contribution in [1.29, 1.82) is 0 Å². The summed E-state index contributed by atoms with van der Waals surface area (Å²) in [6.07, 6.45) is -4.15. The fourth-order valence-corrected chi connectivity index (χ4v) is 0.962. The van der Waals surface area contributed by atoms with E-state index in [1.807, 2.05) is 0 Å². The molecule has 0 radical (unpaired) electrons. The number of halogens is 3. The third kappa shape index (κ3) is 2.84. The minimum atomic E-state index is -4.73. The molecule has 2 atom stereocenters. The third-order valence-corrected chi connectivity index (χ3v) is 2.61. The first-order chi connectivity index (χ1) is 6.55. The lowest BCUT2D eigenvalue weighted by atomic mass is 10.0. The van der Waals surface area contributed by atoms with Gasteiger partial charge in [0.05, 0.1) is 0 Å². The molecule has 1 amide bonds. The molecule has 0 bridgehead atoms. The molecule has 3 nitrogen and oxygen atoms in total. The monoisotopic (exact) mass is 226 g/mol. The van der Waals surface area contributed by atoms with Crippen LogP contribution in [0.3, 0.4) is 0 Å². The molecule has 0 aliphatic rings. The third-order valence-electron chi connectivity index (χ3n) is 2.61. The van der Waals surface area contributed by atoms with Crippen LogP contribution in [-0.4, -0.2) is 35.6 Å².